The first-order chi connectivity index (χ1) is 13.5. The first kappa shape index (κ1) is 19.2. The number of rotatable bonds is 7. The Morgan fingerprint density at radius 1 is 0.786 bits per heavy atom. The predicted molar refractivity (Wildman–Crippen MR) is 111 cm³/mol. The predicted octanol–water partition coefficient (Wildman–Crippen LogP) is 4.82. The number of ketones is 1. The molecule has 0 aliphatic carbocycles. The smallest absolute Gasteiger partial charge is 0.228 e. The van der Waals surface area contributed by atoms with Crippen molar-refractivity contribution in [3.63, 3.8) is 0 Å². The van der Waals surface area contributed by atoms with E-state index in [9.17, 15) is 9.59 Å². The van der Waals surface area contributed by atoms with Gasteiger partial charge in [0.15, 0.2) is 5.78 Å². The molecule has 0 heterocycles. The second-order valence-electron chi connectivity index (χ2n) is 6.41. The molecule has 0 unspecified atom stereocenters. The number of carbonyl (C=O) groups excluding carboxylic acids is 2. The van der Waals surface area contributed by atoms with Gasteiger partial charge in [-0.25, -0.2) is 0 Å². The van der Waals surface area contributed by atoms with Crippen LogP contribution in [0.15, 0.2) is 72.8 Å². The van der Waals surface area contributed by atoms with Crippen LogP contribution in [0, 0.1) is 0 Å². The van der Waals surface area contributed by atoms with Crippen LogP contribution in [0.3, 0.4) is 0 Å². The minimum atomic E-state index is -0.0781. The van der Waals surface area contributed by atoms with Crippen LogP contribution < -0.4 is 15.4 Å². The Kier molecular flexibility index (Phi) is 6.07. The lowest BCUT2D eigenvalue weighted by molar-refractivity contribution is -0.115. The lowest BCUT2D eigenvalue weighted by atomic mass is 10.1. The van der Waals surface area contributed by atoms with Crippen molar-refractivity contribution in [2.24, 2.45) is 0 Å². The number of anilines is 3. The van der Waals surface area contributed by atoms with Crippen molar-refractivity contribution >= 4 is 28.8 Å². The van der Waals surface area contributed by atoms with Gasteiger partial charge in [0.1, 0.15) is 5.75 Å². The maximum absolute atomic E-state index is 12.2. The highest BCUT2D eigenvalue weighted by molar-refractivity contribution is 5.94. The monoisotopic (exact) mass is 374 g/mol. The summed E-state index contributed by atoms with van der Waals surface area (Å²) in [5.74, 6) is 0.732. The lowest BCUT2D eigenvalue weighted by Crippen LogP contribution is -2.14. The highest BCUT2D eigenvalue weighted by atomic mass is 16.5. The van der Waals surface area contributed by atoms with Crippen LogP contribution in [0.2, 0.25) is 0 Å². The van der Waals surface area contributed by atoms with Gasteiger partial charge in [0.2, 0.25) is 5.91 Å². The molecule has 142 valence electrons. The number of ether oxygens (including phenoxy) is 1. The molecule has 28 heavy (non-hydrogen) atoms. The maximum atomic E-state index is 12.2. The van der Waals surface area contributed by atoms with Gasteiger partial charge in [0.25, 0.3) is 0 Å². The molecule has 0 aromatic heterocycles. The third kappa shape index (κ3) is 5.20. The molecule has 0 bridgehead atoms. The Labute approximate surface area is 164 Å². The standard InChI is InChI=1S/C23H22N2O3/c1-16(26)18-5-7-19(8-6-18)24-20-9-11-21(12-10-20)25-23(27)15-17-3-13-22(28-2)14-4-17/h3-14,24H,15H2,1-2H3,(H,25,27). The fraction of sp³-hybridized carbons (Fsp3) is 0.130. The van der Waals surface area contributed by atoms with Crippen molar-refractivity contribution < 1.29 is 14.3 Å². The molecule has 0 fully saturated rings. The molecule has 0 spiro atoms. The van der Waals surface area contributed by atoms with Gasteiger partial charge in [-0.3, -0.25) is 9.59 Å². The molecular formula is C23H22N2O3. The van der Waals surface area contributed by atoms with Crippen LogP contribution in [-0.4, -0.2) is 18.8 Å². The Bertz CT molecular complexity index is 947. The second kappa shape index (κ2) is 8.86. The van der Waals surface area contributed by atoms with E-state index in [2.05, 4.69) is 10.6 Å². The molecule has 2 N–H and O–H groups in total. The summed E-state index contributed by atoms with van der Waals surface area (Å²) in [4.78, 5) is 23.5. The Morgan fingerprint density at radius 3 is 1.86 bits per heavy atom. The Hall–Kier alpha value is -3.60. The Balaban J connectivity index is 1.55. The molecule has 0 aliphatic rings. The van der Waals surface area contributed by atoms with Crippen molar-refractivity contribution in [3.05, 3.63) is 83.9 Å². The zero-order valence-electron chi connectivity index (χ0n) is 15.9. The molecule has 3 rings (SSSR count). The summed E-state index contributed by atoms with van der Waals surface area (Å²) in [6.07, 6.45) is 0.298. The van der Waals surface area contributed by atoms with E-state index in [0.717, 1.165) is 28.4 Å². The summed E-state index contributed by atoms with van der Waals surface area (Å²) in [5, 5.41) is 6.16. The zero-order chi connectivity index (χ0) is 19.9. The largest absolute Gasteiger partial charge is 0.497 e. The molecule has 5 nitrogen and oxygen atoms in total. The van der Waals surface area contributed by atoms with Crippen LogP contribution >= 0.6 is 0 Å². The molecule has 0 atom stereocenters. The fourth-order valence-corrected chi connectivity index (χ4v) is 2.73. The quantitative estimate of drug-likeness (QED) is 0.582. The molecule has 0 aliphatic heterocycles. The van der Waals surface area contributed by atoms with Gasteiger partial charge in [-0.15, -0.1) is 0 Å². The topological polar surface area (TPSA) is 67.4 Å². The number of Topliss-reactive ketones (excluding diaryl/α,β-unsaturated/α-hetero) is 1. The third-order valence-corrected chi connectivity index (χ3v) is 4.27. The van der Waals surface area contributed by atoms with Crippen LogP contribution in [0.25, 0.3) is 0 Å². The summed E-state index contributed by atoms with van der Waals surface area (Å²) in [6, 6.07) is 22.2. The summed E-state index contributed by atoms with van der Waals surface area (Å²) >= 11 is 0. The first-order valence-electron chi connectivity index (χ1n) is 8.94. The normalized spacial score (nSPS) is 10.2. The zero-order valence-corrected chi connectivity index (χ0v) is 15.9. The average Bonchev–Trinajstić information content (AvgIpc) is 2.70. The van der Waals surface area contributed by atoms with E-state index in [0.29, 0.717) is 12.0 Å². The number of methoxy groups -OCH3 is 1. The van der Waals surface area contributed by atoms with Gasteiger partial charge in [0, 0.05) is 22.6 Å². The summed E-state index contributed by atoms with van der Waals surface area (Å²) < 4.78 is 5.12. The third-order valence-electron chi connectivity index (χ3n) is 4.27. The van der Waals surface area contributed by atoms with E-state index in [1.165, 1.54) is 0 Å². The lowest BCUT2D eigenvalue weighted by Gasteiger charge is -2.09. The number of hydrogen-bond donors (Lipinski definition) is 2. The van der Waals surface area contributed by atoms with Crippen LogP contribution in [0.1, 0.15) is 22.8 Å². The molecule has 3 aromatic rings. The number of hydrogen-bond acceptors (Lipinski definition) is 4. The number of amides is 1. The fourth-order valence-electron chi connectivity index (χ4n) is 2.73. The minimum Gasteiger partial charge on any atom is -0.497 e. The molecule has 1 amide bonds. The number of carbonyl (C=O) groups is 2. The van der Waals surface area contributed by atoms with Gasteiger partial charge >= 0.3 is 0 Å². The van der Waals surface area contributed by atoms with E-state index in [1.807, 2.05) is 60.7 Å². The number of benzene rings is 3. The molecule has 0 radical (unpaired) electrons. The average molecular weight is 374 g/mol. The molecule has 5 heteroatoms. The highest BCUT2D eigenvalue weighted by Crippen LogP contribution is 2.20. The summed E-state index contributed by atoms with van der Waals surface area (Å²) in [5.41, 5.74) is 4.12. The Morgan fingerprint density at radius 2 is 1.32 bits per heavy atom. The number of nitrogens with one attached hydrogen (secondary N) is 2. The van der Waals surface area contributed by atoms with E-state index in [-0.39, 0.29) is 11.7 Å². The van der Waals surface area contributed by atoms with E-state index in [4.69, 9.17) is 4.74 Å². The highest BCUT2D eigenvalue weighted by Gasteiger charge is 2.05. The van der Waals surface area contributed by atoms with Crippen molar-refractivity contribution in [2.75, 3.05) is 17.7 Å². The summed E-state index contributed by atoms with van der Waals surface area (Å²) in [6.45, 7) is 1.55. The molecule has 3 aromatic carbocycles. The van der Waals surface area contributed by atoms with Crippen molar-refractivity contribution in [1.82, 2.24) is 0 Å². The van der Waals surface area contributed by atoms with Crippen molar-refractivity contribution in [3.8, 4) is 5.75 Å². The van der Waals surface area contributed by atoms with Crippen LogP contribution in [0.5, 0.6) is 5.75 Å². The molecule has 0 saturated heterocycles. The van der Waals surface area contributed by atoms with E-state index in [1.54, 1.807) is 26.2 Å². The maximum Gasteiger partial charge on any atom is 0.228 e. The van der Waals surface area contributed by atoms with Gasteiger partial charge < -0.3 is 15.4 Å². The first-order valence-corrected chi connectivity index (χ1v) is 8.94. The molecular weight excluding hydrogens is 352 g/mol. The van der Waals surface area contributed by atoms with E-state index >= 15 is 0 Å². The van der Waals surface area contributed by atoms with Gasteiger partial charge in [-0.05, 0) is 73.2 Å². The van der Waals surface area contributed by atoms with Gasteiger partial charge in [-0.2, -0.15) is 0 Å². The van der Waals surface area contributed by atoms with Gasteiger partial charge in [-0.1, -0.05) is 12.1 Å². The van der Waals surface area contributed by atoms with Crippen LogP contribution in [-0.2, 0) is 11.2 Å². The van der Waals surface area contributed by atoms with E-state index < -0.39 is 0 Å². The van der Waals surface area contributed by atoms with Crippen molar-refractivity contribution in [1.29, 1.82) is 0 Å². The minimum absolute atomic E-state index is 0.0429. The van der Waals surface area contributed by atoms with Crippen LogP contribution in [0.4, 0.5) is 17.1 Å². The SMILES string of the molecule is COc1ccc(CC(=O)Nc2ccc(Nc3ccc(C(C)=O)cc3)cc2)cc1. The van der Waals surface area contributed by atoms with Crippen molar-refractivity contribution in [2.45, 2.75) is 13.3 Å². The molecule has 0 saturated carbocycles. The summed E-state index contributed by atoms with van der Waals surface area (Å²) in [7, 11) is 1.61. The van der Waals surface area contributed by atoms with Gasteiger partial charge in [0.05, 0.1) is 13.5 Å². The second-order valence-corrected chi connectivity index (χ2v) is 6.41.